The standard InChI is InChI=1S/C20H15N3O3S/c1-25-15-8-6-13(7-9-15)11-22-23-20-21-12-18(27-20)16-10-14-4-2-3-5-17(14)26-19(16)24/h2-12H,1H3,(H,21,23). The Morgan fingerprint density at radius 1 is 1.19 bits per heavy atom. The molecule has 4 rings (SSSR count). The van der Waals surface area contributed by atoms with Crippen LogP contribution in [0.1, 0.15) is 5.56 Å². The lowest BCUT2D eigenvalue weighted by molar-refractivity contribution is 0.415. The van der Waals surface area contributed by atoms with Gasteiger partial charge in [0.2, 0.25) is 5.13 Å². The molecule has 0 atom stereocenters. The van der Waals surface area contributed by atoms with E-state index in [1.807, 2.05) is 48.5 Å². The van der Waals surface area contributed by atoms with Crippen LogP contribution in [0.4, 0.5) is 5.13 Å². The number of rotatable bonds is 5. The molecule has 0 aliphatic rings. The highest BCUT2D eigenvalue weighted by molar-refractivity contribution is 7.18. The molecule has 7 heteroatoms. The zero-order valence-electron chi connectivity index (χ0n) is 14.4. The van der Waals surface area contributed by atoms with Gasteiger partial charge in [0.15, 0.2) is 0 Å². The van der Waals surface area contributed by atoms with Crippen LogP contribution in [0.2, 0.25) is 0 Å². The molecule has 2 aromatic heterocycles. The minimum absolute atomic E-state index is 0.384. The van der Waals surface area contributed by atoms with Crippen molar-refractivity contribution in [1.82, 2.24) is 4.98 Å². The van der Waals surface area contributed by atoms with Gasteiger partial charge in [-0.25, -0.2) is 9.78 Å². The number of hydrogen-bond donors (Lipinski definition) is 1. The van der Waals surface area contributed by atoms with Crippen LogP contribution in [0.5, 0.6) is 5.75 Å². The lowest BCUT2D eigenvalue weighted by Gasteiger charge is -1.99. The van der Waals surface area contributed by atoms with Crippen LogP contribution >= 0.6 is 11.3 Å². The number of hydrogen-bond acceptors (Lipinski definition) is 7. The van der Waals surface area contributed by atoms with E-state index < -0.39 is 0 Å². The normalized spacial score (nSPS) is 11.1. The highest BCUT2D eigenvalue weighted by Gasteiger charge is 2.11. The zero-order chi connectivity index (χ0) is 18.6. The summed E-state index contributed by atoms with van der Waals surface area (Å²) in [7, 11) is 1.63. The number of benzene rings is 2. The molecule has 27 heavy (non-hydrogen) atoms. The van der Waals surface area contributed by atoms with Crippen LogP contribution in [-0.4, -0.2) is 18.3 Å². The summed E-state index contributed by atoms with van der Waals surface area (Å²) in [6, 6.07) is 16.8. The number of hydrazone groups is 1. The minimum Gasteiger partial charge on any atom is -0.497 e. The van der Waals surface area contributed by atoms with Crippen molar-refractivity contribution in [3.05, 3.63) is 76.8 Å². The van der Waals surface area contributed by atoms with E-state index in [1.165, 1.54) is 11.3 Å². The summed E-state index contributed by atoms with van der Waals surface area (Å²) in [5.41, 5.74) is 4.48. The molecule has 4 aromatic rings. The molecule has 6 nitrogen and oxygen atoms in total. The molecule has 0 aliphatic carbocycles. The third-order valence-corrected chi connectivity index (χ3v) is 4.84. The maximum absolute atomic E-state index is 12.2. The summed E-state index contributed by atoms with van der Waals surface area (Å²) in [6.45, 7) is 0. The fourth-order valence-electron chi connectivity index (χ4n) is 2.54. The maximum Gasteiger partial charge on any atom is 0.345 e. The van der Waals surface area contributed by atoms with E-state index in [4.69, 9.17) is 9.15 Å². The molecule has 134 valence electrons. The summed E-state index contributed by atoms with van der Waals surface area (Å²) < 4.78 is 10.5. The molecule has 0 unspecified atom stereocenters. The molecular formula is C20H15N3O3S. The quantitative estimate of drug-likeness (QED) is 0.317. The van der Waals surface area contributed by atoms with Crippen LogP contribution in [0.25, 0.3) is 21.4 Å². The third-order valence-electron chi connectivity index (χ3n) is 3.90. The topological polar surface area (TPSA) is 76.7 Å². The lowest BCUT2D eigenvalue weighted by Crippen LogP contribution is -2.01. The molecule has 0 saturated heterocycles. The first-order valence-corrected chi connectivity index (χ1v) is 8.97. The van der Waals surface area contributed by atoms with Gasteiger partial charge >= 0.3 is 5.63 Å². The van der Waals surface area contributed by atoms with Crippen LogP contribution < -0.4 is 15.8 Å². The van der Waals surface area contributed by atoms with Gasteiger partial charge in [-0.1, -0.05) is 29.5 Å². The van der Waals surface area contributed by atoms with Crippen LogP contribution in [0.15, 0.2) is 75.1 Å². The zero-order valence-corrected chi connectivity index (χ0v) is 15.2. The number of fused-ring (bicyclic) bond motifs is 1. The number of nitrogens with zero attached hydrogens (tertiary/aromatic N) is 2. The number of nitrogens with one attached hydrogen (secondary N) is 1. The van der Waals surface area contributed by atoms with Crippen molar-refractivity contribution < 1.29 is 9.15 Å². The van der Waals surface area contributed by atoms with Gasteiger partial charge in [-0.15, -0.1) is 0 Å². The first kappa shape index (κ1) is 17.0. The van der Waals surface area contributed by atoms with Gasteiger partial charge in [0, 0.05) is 11.6 Å². The van der Waals surface area contributed by atoms with Gasteiger partial charge in [0.05, 0.1) is 23.8 Å². The highest BCUT2D eigenvalue weighted by atomic mass is 32.1. The second kappa shape index (κ2) is 7.43. The molecule has 0 spiro atoms. The van der Waals surface area contributed by atoms with Gasteiger partial charge in [-0.05, 0) is 42.0 Å². The molecule has 0 saturated carbocycles. The maximum atomic E-state index is 12.2. The van der Waals surface area contributed by atoms with E-state index in [-0.39, 0.29) is 5.63 Å². The molecule has 1 N–H and O–H groups in total. The molecule has 0 amide bonds. The van der Waals surface area contributed by atoms with Crippen molar-refractivity contribution in [3.63, 3.8) is 0 Å². The molecule has 2 heterocycles. The first-order chi connectivity index (χ1) is 13.2. The number of methoxy groups -OCH3 is 1. The van der Waals surface area contributed by atoms with E-state index in [9.17, 15) is 4.79 Å². The van der Waals surface area contributed by atoms with Crippen molar-refractivity contribution in [3.8, 4) is 16.2 Å². The van der Waals surface area contributed by atoms with Crippen molar-refractivity contribution in [2.45, 2.75) is 0 Å². The average molecular weight is 377 g/mol. The van der Waals surface area contributed by atoms with Gasteiger partial charge in [-0.3, -0.25) is 5.43 Å². The minimum atomic E-state index is -0.384. The van der Waals surface area contributed by atoms with E-state index in [1.54, 1.807) is 25.6 Å². The van der Waals surface area contributed by atoms with Crippen LogP contribution in [-0.2, 0) is 0 Å². The summed E-state index contributed by atoms with van der Waals surface area (Å²) in [5, 5.41) is 5.63. The molecule has 2 aromatic carbocycles. The van der Waals surface area contributed by atoms with E-state index >= 15 is 0 Å². The van der Waals surface area contributed by atoms with E-state index in [2.05, 4.69) is 15.5 Å². The number of ether oxygens (including phenoxy) is 1. The smallest absolute Gasteiger partial charge is 0.345 e. The van der Waals surface area contributed by atoms with Gasteiger partial charge in [0.1, 0.15) is 11.3 Å². The van der Waals surface area contributed by atoms with Crippen LogP contribution in [0, 0.1) is 0 Å². The number of thiazole rings is 1. The Kier molecular flexibility index (Phi) is 4.67. The number of aromatic nitrogens is 1. The van der Waals surface area contributed by atoms with E-state index in [0.717, 1.165) is 21.6 Å². The first-order valence-electron chi connectivity index (χ1n) is 8.15. The predicted molar refractivity (Wildman–Crippen MR) is 108 cm³/mol. The second-order valence-corrected chi connectivity index (χ2v) is 6.69. The number of para-hydroxylation sites is 1. The summed E-state index contributed by atoms with van der Waals surface area (Å²) in [4.78, 5) is 17.2. The van der Waals surface area contributed by atoms with Crippen molar-refractivity contribution in [2.75, 3.05) is 12.5 Å². The van der Waals surface area contributed by atoms with Crippen molar-refractivity contribution in [2.24, 2.45) is 5.10 Å². The summed E-state index contributed by atoms with van der Waals surface area (Å²) in [6.07, 6.45) is 3.32. The molecule has 0 bridgehead atoms. The van der Waals surface area contributed by atoms with Crippen molar-refractivity contribution >= 4 is 33.7 Å². The Balaban J connectivity index is 1.52. The Bertz CT molecular complexity index is 1160. The monoisotopic (exact) mass is 377 g/mol. The Morgan fingerprint density at radius 2 is 2.00 bits per heavy atom. The molecule has 0 radical (unpaired) electrons. The molecule has 0 fully saturated rings. The molecular weight excluding hydrogens is 362 g/mol. The number of anilines is 1. The summed E-state index contributed by atoms with van der Waals surface area (Å²) in [5.74, 6) is 0.791. The fraction of sp³-hybridized carbons (Fsp3) is 0.0500. The Morgan fingerprint density at radius 3 is 2.81 bits per heavy atom. The molecule has 0 aliphatic heterocycles. The summed E-state index contributed by atoms with van der Waals surface area (Å²) >= 11 is 1.33. The van der Waals surface area contributed by atoms with Gasteiger partial charge in [-0.2, -0.15) is 5.10 Å². The van der Waals surface area contributed by atoms with Crippen molar-refractivity contribution in [1.29, 1.82) is 0 Å². The van der Waals surface area contributed by atoms with Gasteiger partial charge < -0.3 is 9.15 Å². The average Bonchev–Trinajstić information content (AvgIpc) is 3.16. The lowest BCUT2D eigenvalue weighted by atomic mass is 10.2. The predicted octanol–water partition coefficient (Wildman–Crippen LogP) is 4.37. The largest absolute Gasteiger partial charge is 0.497 e. The second-order valence-electron chi connectivity index (χ2n) is 5.66. The third kappa shape index (κ3) is 3.73. The van der Waals surface area contributed by atoms with E-state index in [0.29, 0.717) is 16.3 Å². The Hall–Kier alpha value is -3.45. The highest BCUT2D eigenvalue weighted by Crippen LogP contribution is 2.28. The fourth-order valence-corrected chi connectivity index (χ4v) is 3.31. The van der Waals surface area contributed by atoms with Crippen LogP contribution in [0.3, 0.4) is 0 Å². The van der Waals surface area contributed by atoms with Gasteiger partial charge in [0.25, 0.3) is 0 Å². The Labute approximate surface area is 158 Å². The SMILES string of the molecule is COc1ccc(C=NNc2ncc(-c3cc4ccccc4oc3=O)s2)cc1.